The third kappa shape index (κ3) is 3.70. The van der Waals surface area contributed by atoms with Gasteiger partial charge in [-0.3, -0.25) is 0 Å². The van der Waals surface area contributed by atoms with Crippen molar-refractivity contribution in [2.75, 3.05) is 13.7 Å². The van der Waals surface area contributed by atoms with Crippen molar-refractivity contribution in [3.63, 3.8) is 0 Å². The average Bonchev–Trinajstić information content (AvgIpc) is 3.14. The van der Waals surface area contributed by atoms with Crippen molar-refractivity contribution in [2.45, 2.75) is 6.10 Å². The average molecular weight is 310 g/mol. The lowest BCUT2D eigenvalue weighted by molar-refractivity contribution is 0.108. The number of methoxy groups -OCH3 is 1. The number of hydrogen-bond acceptors (Lipinski definition) is 4. The van der Waals surface area contributed by atoms with Gasteiger partial charge in [0.05, 0.1) is 12.8 Å². The zero-order valence-electron chi connectivity index (χ0n) is 12.8. The fraction of sp³-hybridized carbons (Fsp3) is 0.167. The van der Waals surface area contributed by atoms with Crippen LogP contribution in [0, 0.1) is 0 Å². The molecule has 1 atom stereocenters. The minimum atomic E-state index is -0.724. The molecule has 0 amide bonds. The zero-order chi connectivity index (χ0) is 16.1. The number of ether oxygens (including phenoxy) is 2. The van der Waals surface area contributed by atoms with E-state index in [0.717, 1.165) is 11.3 Å². The quantitative estimate of drug-likeness (QED) is 0.760. The van der Waals surface area contributed by atoms with Gasteiger partial charge in [-0.1, -0.05) is 18.2 Å². The third-order valence-corrected chi connectivity index (χ3v) is 3.47. The van der Waals surface area contributed by atoms with E-state index in [0.29, 0.717) is 11.5 Å². The summed E-state index contributed by atoms with van der Waals surface area (Å²) in [4.78, 5) is 0. The highest BCUT2D eigenvalue weighted by Gasteiger charge is 2.10. The Morgan fingerprint density at radius 2 is 1.91 bits per heavy atom. The Hall–Kier alpha value is -2.79. The highest BCUT2D eigenvalue weighted by Crippen LogP contribution is 2.21. The van der Waals surface area contributed by atoms with Crippen LogP contribution in [-0.4, -0.2) is 28.6 Å². The van der Waals surface area contributed by atoms with Gasteiger partial charge >= 0.3 is 0 Å². The molecule has 5 nitrogen and oxygen atoms in total. The highest BCUT2D eigenvalue weighted by molar-refractivity contribution is 5.38. The molecule has 0 radical (unpaired) electrons. The van der Waals surface area contributed by atoms with E-state index < -0.39 is 6.10 Å². The van der Waals surface area contributed by atoms with Crippen molar-refractivity contribution in [3.05, 3.63) is 72.6 Å². The number of nitrogens with zero attached hydrogens (tertiary/aromatic N) is 2. The van der Waals surface area contributed by atoms with Crippen LogP contribution in [0.2, 0.25) is 0 Å². The number of aromatic nitrogens is 2. The Morgan fingerprint density at radius 3 is 2.70 bits per heavy atom. The molecule has 5 heteroatoms. The molecule has 0 saturated carbocycles. The van der Waals surface area contributed by atoms with Gasteiger partial charge in [-0.15, -0.1) is 0 Å². The van der Waals surface area contributed by atoms with Crippen molar-refractivity contribution >= 4 is 0 Å². The smallest absolute Gasteiger partial charge is 0.121 e. The van der Waals surface area contributed by atoms with Crippen LogP contribution in [0.5, 0.6) is 11.5 Å². The number of hydrogen-bond donors (Lipinski definition) is 1. The predicted octanol–water partition coefficient (Wildman–Crippen LogP) is 2.99. The van der Waals surface area contributed by atoms with Crippen LogP contribution in [-0.2, 0) is 0 Å². The Balaban J connectivity index is 1.67. The molecule has 1 aromatic heterocycles. The van der Waals surface area contributed by atoms with E-state index >= 15 is 0 Å². The van der Waals surface area contributed by atoms with Gasteiger partial charge in [0.2, 0.25) is 0 Å². The van der Waals surface area contributed by atoms with Crippen molar-refractivity contribution in [1.29, 1.82) is 0 Å². The van der Waals surface area contributed by atoms with Crippen LogP contribution in [0.15, 0.2) is 67.0 Å². The van der Waals surface area contributed by atoms with E-state index in [-0.39, 0.29) is 6.61 Å². The molecule has 1 unspecified atom stereocenters. The summed E-state index contributed by atoms with van der Waals surface area (Å²) >= 11 is 0. The molecule has 3 aromatic rings. The van der Waals surface area contributed by atoms with Gasteiger partial charge in [-0.05, 0) is 35.9 Å². The molecule has 1 heterocycles. The van der Waals surface area contributed by atoms with Crippen LogP contribution in [0.4, 0.5) is 0 Å². The maximum atomic E-state index is 10.3. The van der Waals surface area contributed by atoms with E-state index in [1.165, 1.54) is 0 Å². The Kier molecular flexibility index (Phi) is 4.59. The molecule has 23 heavy (non-hydrogen) atoms. The van der Waals surface area contributed by atoms with Crippen LogP contribution < -0.4 is 9.47 Å². The molecule has 0 bridgehead atoms. The van der Waals surface area contributed by atoms with Gasteiger partial charge in [0.25, 0.3) is 0 Å². The summed E-state index contributed by atoms with van der Waals surface area (Å²) in [5.74, 6) is 1.39. The fourth-order valence-corrected chi connectivity index (χ4v) is 2.26. The first kappa shape index (κ1) is 15.1. The molecule has 0 aliphatic rings. The van der Waals surface area contributed by atoms with Gasteiger partial charge in [0, 0.05) is 18.5 Å². The number of aliphatic hydroxyl groups excluding tert-OH is 1. The van der Waals surface area contributed by atoms with Crippen molar-refractivity contribution in [3.8, 4) is 17.2 Å². The Labute approximate surface area is 134 Å². The summed E-state index contributed by atoms with van der Waals surface area (Å²) in [6.07, 6.45) is 2.86. The second kappa shape index (κ2) is 6.98. The molecule has 1 N–H and O–H groups in total. The van der Waals surface area contributed by atoms with Gasteiger partial charge in [-0.25, -0.2) is 4.68 Å². The lowest BCUT2D eigenvalue weighted by atomic mass is 10.1. The minimum absolute atomic E-state index is 0.162. The van der Waals surface area contributed by atoms with E-state index in [9.17, 15) is 5.11 Å². The van der Waals surface area contributed by atoms with Crippen LogP contribution in [0.1, 0.15) is 11.7 Å². The summed E-state index contributed by atoms with van der Waals surface area (Å²) < 4.78 is 12.6. The monoisotopic (exact) mass is 310 g/mol. The molecular formula is C18H18N2O3. The molecule has 0 aliphatic heterocycles. The van der Waals surface area contributed by atoms with Crippen molar-refractivity contribution < 1.29 is 14.6 Å². The number of aliphatic hydroxyl groups is 1. The van der Waals surface area contributed by atoms with Crippen LogP contribution in [0.25, 0.3) is 5.69 Å². The maximum Gasteiger partial charge on any atom is 0.121 e. The highest BCUT2D eigenvalue weighted by atomic mass is 16.5. The second-order valence-corrected chi connectivity index (χ2v) is 5.05. The minimum Gasteiger partial charge on any atom is -0.497 e. The normalized spacial score (nSPS) is 11.9. The number of benzene rings is 2. The Morgan fingerprint density at radius 1 is 1.09 bits per heavy atom. The molecule has 118 valence electrons. The summed E-state index contributed by atoms with van der Waals surface area (Å²) in [6.45, 7) is 0.162. The van der Waals surface area contributed by atoms with E-state index in [4.69, 9.17) is 9.47 Å². The molecular weight excluding hydrogens is 292 g/mol. The van der Waals surface area contributed by atoms with Gasteiger partial charge in [0.15, 0.2) is 0 Å². The standard InChI is InChI=1S/C18H18N2O3/c1-22-16-7-2-5-14(11-16)18(21)13-23-17-8-3-6-15(12-17)20-10-4-9-19-20/h2-12,18,21H,13H2,1H3. The van der Waals surface area contributed by atoms with Gasteiger partial charge < -0.3 is 14.6 Å². The molecule has 0 spiro atoms. The number of rotatable bonds is 6. The van der Waals surface area contributed by atoms with Crippen LogP contribution >= 0.6 is 0 Å². The molecule has 0 fully saturated rings. The SMILES string of the molecule is COc1cccc(C(O)COc2cccc(-n3cccn3)c2)c1. The first-order valence-corrected chi connectivity index (χ1v) is 7.31. The first-order chi connectivity index (χ1) is 11.3. The summed E-state index contributed by atoms with van der Waals surface area (Å²) in [6, 6.07) is 16.8. The van der Waals surface area contributed by atoms with Crippen LogP contribution in [0.3, 0.4) is 0 Å². The van der Waals surface area contributed by atoms with E-state index in [1.807, 2.05) is 54.7 Å². The second-order valence-electron chi connectivity index (χ2n) is 5.05. The summed E-state index contributed by atoms with van der Waals surface area (Å²) in [5, 5.41) is 14.4. The lowest BCUT2D eigenvalue weighted by Crippen LogP contribution is -2.10. The molecule has 0 aliphatic carbocycles. The van der Waals surface area contributed by atoms with E-state index in [2.05, 4.69) is 5.10 Å². The van der Waals surface area contributed by atoms with Gasteiger partial charge in [-0.2, -0.15) is 5.10 Å². The predicted molar refractivity (Wildman–Crippen MR) is 87.0 cm³/mol. The molecule has 0 saturated heterocycles. The summed E-state index contributed by atoms with van der Waals surface area (Å²) in [7, 11) is 1.60. The third-order valence-electron chi connectivity index (χ3n) is 3.47. The van der Waals surface area contributed by atoms with Gasteiger partial charge in [0.1, 0.15) is 24.2 Å². The van der Waals surface area contributed by atoms with E-state index in [1.54, 1.807) is 24.1 Å². The van der Waals surface area contributed by atoms with Crippen molar-refractivity contribution in [1.82, 2.24) is 9.78 Å². The zero-order valence-corrected chi connectivity index (χ0v) is 12.8. The summed E-state index contributed by atoms with van der Waals surface area (Å²) in [5.41, 5.74) is 1.66. The fourth-order valence-electron chi connectivity index (χ4n) is 2.26. The largest absolute Gasteiger partial charge is 0.497 e. The molecule has 2 aromatic carbocycles. The topological polar surface area (TPSA) is 56.5 Å². The Bertz CT molecular complexity index is 756. The lowest BCUT2D eigenvalue weighted by Gasteiger charge is -2.14. The maximum absolute atomic E-state index is 10.3. The first-order valence-electron chi connectivity index (χ1n) is 7.31. The molecule has 3 rings (SSSR count). The van der Waals surface area contributed by atoms with Crippen molar-refractivity contribution in [2.24, 2.45) is 0 Å².